The average molecular weight is 366 g/mol. The molecule has 3 N–H and O–H groups in total. The summed E-state index contributed by atoms with van der Waals surface area (Å²) in [5.41, 5.74) is 1.07. The van der Waals surface area contributed by atoms with Crippen molar-refractivity contribution in [3.8, 4) is 0 Å². The molecule has 1 heterocycles. The zero-order chi connectivity index (χ0) is 16.3. The van der Waals surface area contributed by atoms with Gasteiger partial charge in [-0.25, -0.2) is 8.42 Å². The summed E-state index contributed by atoms with van der Waals surface area (Å²) < 4.78 is 22.9. The van der Waals surface area contributed by atoms with Gasteiger partial charge in [0.25, 0.3) is 5.91 Å². The van der Waals surface area contributed by atoms with Crippen LogP contribution in [0.25, 0.3) is 0 Å². The van der Waals surface area contributed by atoms with Gasteiger partial charge >= 0.3 is 0 Å². The van der Waals surface area contributed by atoms with Gasteiger partial charge in [0.15, 0.2) is 16.4 Å². The third kappa shape index (κ3) is 4.84. The predicted octanol–water partition coefficient (Wildman–Crippen LogP) is 0.485. The van der Waals surface area contributed by atoms with E-state index in [2.05, 4.69) is 5.32 Å². The van der Waals surface area contributed by atoms with E-state index >= 15 is 0 Å². The Labute approximate surface area is 140 Å². The molecular formula is C14H19Cl2N2O3S+. The van der Waals surface area contributed by atoms with Crippen molar-refractivity contribution in [1.82, 2.24) is 5.32 Å². The fourth-order valence-electron chi connectivity index (χ4n) is 2.39. The number of rotatable bonds is 5. The van der Waals surface area contributed by atoms with Gasteiger partial charge in [-0.15, -0.1) is 11.6 Å². The molecule has 2 rings (SSSR count). The number of hydrogen-bond donors (Lipinski definition) is 2. The highest BCUT2D eigenvalue weighted by Gasteiger charge is 2.37. The summed E-state index contributed by atoms with van der Waals surface area (Å²) in [6.45, 7) is 2.20. The van der Waals surface area contributed by atoms with Gasteiger partial charge in [0.1, 0.15) is 6.04 Å². The summed E-state index contributed by atoms with van der Waals surface area (Å²) in [5, 5.41) is 4.70. The van der Waals surface area contributed by atoms with Crippen LogP contribution in [-0.4, -0.2) is 43.8 Å². The molecule has 1 saturated heterocycles. The number of alkyl halides is 1. The number of hydrogen-bond acceptors (Lipinski definition) is 3. The Hall–Kier alpha value is -0.820. The fourth-order valence-corrected chi connectivity index (χ4v) is 5.06. The molecule has 1 fully saturated rings. The van der Waals surface area contributed by atoms with E-state index in [0.29, 0.717) is 5.02 Å². The number of amides is 1. The van der Waals surface area contributed by atoms with Crippen LogP contribution in [0.1, 0.15) is 18.5 Å². The minimum atomic E-state index is -3.14. The van der Waals surface area contributed by atoms with E-state index in [0.717, 1.165) is 5.56 Å². The Morgan fingerprint density at radius 1 is 1.36 bits per heavy atom. The van der Waals surface area contributed by atoms with E-state index in [1.165, 1.54) is 0 Å². The summed E-state index contributed by atoms with van der Waals surface area (Å²) in [6, 6.07) is 7.05. The van der Waals surface area contributed by atoms with Crippen LogP contribution in [0.3, 0.4) is 0 Å². The van der Waals surface area contributed by atoms with Crippen LogP contribution in [0.5, 0.6) is 0 Å². The van der Waals surface area contributed by atoms with Gasteiger partial charge in [-0.2, -0.15) is 0 Å². The monoisotopic (exact) mass is 365 g/mol. The van der Waals surface area contributed by atoms with Crippen LogP contribution in [0.4, 0.5) is 0 Å². The molecule has 0 bridgehead atoms. The van der Waals surface area contributed by atoms with Crippen molar-refractivity contribution in [2.75, 3.05) is 18.1 Å². The molecule has 1 aliphatic rings. The SMILES string of the molecule is C[C@H]([NH2+]CC(=O)N[C@@H]1CS(=O)(=O)C[C@@H]1Cl)c1ccc(Cl)cc1. The van der Waals surface area contributed by atoms with Gasteiger partial charge in [-0.3, -0.25) is 4.79 Å². The summed E-state index contributed by atoms with van der Waals surface area (Å²) in [6.07, 6.45) is 0. The molecule has 0 spiro atoms. The van der Waals surface area contributed by atoms with Crippen LogP contribution in [0.15, 0.2) is 24.3 Å². The fraction of sp³-hybridized carbons (Fsp3) is 0.500. The first-order valence-corrected chi connectivity index (χ1v) is 9.63. The van der Waals surface area contributed by atoms with E-state index in [9.17, 15) is 13.2 Å². The van der Waals surface area contributed by atoms with Gasteiger partial charge in [0.2, 0.25) is 0 Å². The largest absolute Gasteiger partial charge is 0.346 e. The number of sulfone groups is 1. The van der Waals surface area contributed by atoms with Gasteiger partial charge < -0.3 is 10.6 Å². The van der Waals surface area contributed by atoms with Crippen molar-refractivity contribution in [1.29, 1.82) is 0 Å². The van der Waals surface area contributed by atoms with E-state index in [-0.39, 0.29) is 30.0 Å². The van der Waals surface area contributed by atoms with Gasteiger partial charge in [-0.05, 0) is 19.1 Å². The van der Waals surface area contributed by atoms with Crippen molar-refractivity contribution in [2.24, 2.45) is 0 Å². The number of carbonyl (C=O) groups is 1. The van der Waals surface area contributed by atoms with Gasteiger partial charge in [0.05, 0.1) is 22.9 Å². The molecule has 22 heavy (non-hydrogen) atoms. The van der Waals surface area contributed by atoms with Gasteiger partial charge in [0, 0.05) is 10.6 Å². The Bertz CT molecular complexity index is 634. The van der Waals surface area contributed by atoms with E-state index in [1.807, 2.05) is 36.5 Å². The summed E-state index contributed by atoms with van der Waals surface area (Å²) in [5.74, 6) is -0.377. The first kappa shape index (κ1) is 17.5. The molecule has 1 amide bonds. The average Bonchev–Trinajstić information content (AvgIpc) is 2.69. The van der Waals surface area contributed by atoms with Crippen LogP contribution < -0.4 is 10.6 Å². The summed E-state index contributed by atoms with van der Waals surface area (Å²) in [4.78, 5) is 11.9. The molecule has 8 heteroatoms. The zero-order valence-electron chi connectivity index (χ0n) is 12.1. The Morgan fingerprint density at radius 2 is 2.00 bits per heavy atom. The minimum Gasteiger partial charge on any atom is -0.346 e. The maximum atomic E-state index is 11.9. The second kappa shape index (κ2) is 7.17. The van der Waals surface area contributed by atoms with Crippen LogP contribution in [0.2, 0.25) is 5.02 Å². The number of carbonyl (C=O) groups excluding carboxylic acids is 1. The first-order chi connectivity index (χ1) is 10.3. The van der Waals surface area contributed by atoms with E-state index in [1.54, 1.807) is 0 Å². The second-order valence-electron chi connectivity index (χ2n) is 5.55. The quantitative estimate of drug-likeness (QED) is 0.745. The zero-order valence-corrected chi connectivity index (χ0v) is 14.5. The number of nitrogens with one attached hydrogen (secondary N) is 1. The molecular weight excluding hydrogens is 347 g/mol. The molecule has 5 nitrogen and oxygen atoms in total. The molecule has 1 aromatic carbocycles. The van der Waals surface area contributed by atoms with E-state index in [4.69, 9.17) is 23.2 Å². The molecule has 3 atom stereocenters. The maximum Gasteiger partial charge on any atom is 0.275 e. The molecule has 0 aromatic heterocycles. The number of halogens is 2. The normalized spacial score (nSPS) is 24.9. The molecule has 0 saturated carbocycles. The van der Waals surface area contributed by atoms with Crippen molar-refractivity contribution < 1.29 is 18.5 Å². The van der Waals surface area contributed by atoms with Crippen LogP contribution in [0, 0.1) is 0 Å². The highest BCUT2D eigenvalue weighted by Crippen LogP contribution is 2.17. The van der Waals surface area contributed by atoms with Crippen molar-refractivity contribution >= 4 is 38.9 Å². The Balaban J connectivity index is 1.81. The third-order valence-corrected chi connectivity index (χ3v) is 6.31. The number of quaternary nitrogens is 1. The molecule has 0 aliphatic carbocycles. The van der Waals surface area contributed by atoms with Crippen LogP contribution in [-0.2, 0) is 14.6 Å². The lowest BCUT2D eigenvalue weighted by molar-refractivity contribution is -0.682. The van der Waals surface area contributed by atoms with E-state index < -0.39 is 21.3 Å². The lowest BCUT2D eigenvalue weighted by atomic mass is 10.1. The summed E-state index contributed by atoms with van der Waals surface area (Å²) >= 11 is 11.8. The second-order valence-corrected chi connectivity index (χ2v) is 8.70. The van der Waals surface area contributed by atoms with Crippen molar-refractivity contribution in [3.63, 3.8) is 0 Å². The highest BCUT2D eigenvalue weighted by atomic mass is 35.5. The van der Waals surface area contributed by atoms with Crippen molar-refractivity contribution in [2.45, 2.75) is 24.4 Å². The Morgan fingerprint density at radius 3 is 2.55 bits per heavy atom. The number of nitrogens with two attached hydrogens (primary N) is 1. The Kier molecular flexibility index (Phi) is 5.71. The first-order valence-electron chi connectivity index (χ1n) is 6.99. The predicted molar refractivity (Wildman–Crippen MR) is 86.9 cm³/mol. The third-order valence-electron chi connectivity index (χ3n) is 3.68. The topological polar surface area (TPSA) is 79.8 Å². The molecule has 0 radical (unpaired) electrons. The molecule has 122 valence electrons. The number of benzene rings is 1. The minimum absolute atomic E-state index is 0.0790. The molecule has 0 unspecified atom stereocenters. The molecule has 1 aromatic rings. The summed E-state index contributed by atoms with van der Waals surface area (Å²) in [7, 11) is -3.14. The molecule has 1 aliphatic heterocycles. The lowest BCUT2D eigenvalue weighted by Crippen LogP contribution is -2.87. The van der Waals surface area contributed by atoms with Crippen LogP contribution >= 0.6 is 23.2 Å². The smallest absolute Gasteiger partial charge is 0.275 e. The lowest BCUT2D eigenvalue weighted by Gasteiger charge is -2.15. The maximum absolute atomic E-state index is 11.9. The standard InChI is InChI=1S/C14H18Cl2N2O3S/c1-9(10-2-4-11(15)5-3-10)17-6-14(19)18-13-8-22(20,21)7-12(13)16/h2-5,9,12-13,17H,6-8H2,1H3,(H,18,19)/p+1/t9-,12-,13+/m0/s1. The highest BCUT2D eigenvalue weighted by molar-refractivity contribution is 7.91. The van der Waals surface area contributed by atoms with Crippen molar-refractivity contribution in [3.05, 3.63) is 34.9 Å². The van der Waals surface area contributed by atoms with Gasteiger partial charge in [-0.1, -0.05) is 23.7 Å².